The van der Waals surface area contributed by atoms with Crippen LogP contribution in [-0.2, 0) is 4.79 Å². The third kappa shape index (κ3) is 1.95. The molecule has 0 bridgehead atoms. The highest BCUT2D eigenvalue weighted by molar-refractivity contribution is 5.73. The molecule has 4 nitrogen and oxygen atoms in total. The second kappa shape index (κ2) is 4.26. The van der Waals surface area contributed by atoms with Crippen LogP contribution in [0.15, 0.2) is 47.8 Å². The van der Waals surface area contributed by atoms with Gasteiger partial charge in [0, 0.05) is 18.0 Å². The lowest BCUT2D eigenvalue weighted by Gasteiger charge is -2.01. The minimum atomic E-state index is 0.478. The average molecular weight is 197 g/mol. The van der Waals surface area contributed by atoms with Gasteiger partial charge in [-0.15, -0.1) is 0 Å². The highest BCUT2D eigenvalue weighted by Crippen LogP contribution is 2.26. The molecule has 4 heteroatoms. The van der Waals surface area contributed by atoms with Gasteiger partial charge in [-0.1, -0.05) is 6.07 Å². The number of aromatic nitrogens is 2. The molecule has 0 unspecified atom stereocenters. The third-order valence-electron chi connectivity index (χ3n) is 1.91. The summed E-state index contributed by atoms with van der Waals surface area (Å²) in [5, 5.41) is 0. The molecule has 2 heterocycles. The van der Waals surface area contributed by atoms with Crippen molar-refractivity contribution in [3.05, 3.63) is 42.9 Å². The van der Waals surface area contributed by atoms with Crippen molar-refractivity contribution in [2.45, 2.75) is 0 Å². The van der Waals surface area contributed by atoms with Crippen molar-refractivity contribution in [2.75, 3.05) is 0 Å². The summed E-state index contributed by atoms with van der Waals surface area (Å²) in [5.41, 5.74) is 2.01. The number of carbonyl (C=O) groups excluding carboxylic acids is 1. The maximum absolute atomic E-state index is 10.2. The van der Waals surface area contributed by atoms with Gasteiger partial charge in [-0.2, -0.15) is 4.99 Å². The SMILES string of the molecule is O=C=Nc1cnccc1-c1ccccn1. The zero-order valence-electron chi connectivity index (χ0n) is 7.79. The second-order valence-electron chi connectivity index (χ2n) is 2.81. The average Bonchev–Trinajstić information content (AvgIpc) is 2.31. The molecule has 0 saturated carbocycles. The van der Waals surface area contributed by atoms with E-state index in [-0.39, 0.29) is 0 Å². The quantitative estimate of drug-likeness (QED) is 0.547. The second-order valence-corrected chi connectivity index (χ2v) is 2.81. The minimum absolute atomic E-state index is 0.478. The summed E-state index contributed by atoms with van der Waals surface area (Å²) in [4.78, 5) is 21.9. The lowest BCUT2D eigenvalue weighted by Crippen LogP contribution is -1.83. The van der Waals surface area contributed by atoms with Gasteiger partial charge in [-0.05, 0) is 18.2 Å². The van der Waals surface area contributed by atoms with E-state index in [2.05, 4.69) is 15.0 Å². The van der Waals surface area contributed by atoms with Crippen LogP contribution in [0.2, 0.25) is 0 Å². The maximum Gasteiger partial charge on any atom is 0.240 e. The first-order chi connectivity index (χ1) is 7.42. The van der Waals surface area contributed by atoms with E-state index in [0.717, 1.165) is 11.3 Å². The Kier molecular flexibility index (Phi) is 2.63. The van der Waals surface area contributed by atoms with E-state index in [1.165, 1.54) is 12.3 Å². The van der Waals surface area contributed by atoms with Crippen molar-refractivity contribution in [3.63, 3.8) is 0 Å². The summed E-state index contributed by atoms with van der Waals surface area (Å²) >= 11 is 0. The van der Waals surface area contributed by atoms with Gasteiger partial charge in [-0.3, -0.25) is 9.97 Å². The normalized spacial score (nSPS) is 9.33. The molecule has 2 aromatic heterocycles. The van der Waals surface area contributed by atoms with Crippen LogP contribution in [0.3, 0.4) is 0 Å². The van der Waals surface area contributed by atoms with Crippen molar-refractivity contribution < 1.29 is 4.79 Å². The Balaban J connectivity index is 2.58. The smallest absolute Gasteiger partial charge is 0.240 e. The van der Waals surface area contributed by atoms with Crippen LogP contribution >= 0.6 is 0 Å². The molecule has 0 aliphatic carbocycles. The Bertz CT molecular complexity index is 504. The molecule has 0 aliphatic heterocycles. The van der Waals surface area contributed by atoms with E-state index in [0.29, 0.717) is 5.69 Å². The zero-order valence-corrected chi connectivity index (χ0v) is 7.79. The van der Waals surface area contributed by atoms with Crippen molar-refractivity contribution >= 4 is 11.8 Å². The molecule has 0 radical (unpaired) electrons. The number of hydrogen-bond donors (Lipinski definition) is 0. The van der Waals surface area contributed by atoms with Gasteiger partial charge in [0.25, 0.3) is 0 Å². The fraction of sp³-hybridized carbons (Fsp3) is 0. The van der Waals surface area contributed by atoms with Gasteiger partial charge in [0.05, 0.1) is 11.9 Å². The standard InChI is InChI=1S/C11H7N3O/c15-8-14-11-7-12-6-4-9(11)10-3-1-2-5-13-10/h1-7H. The monoisotopic (exact) mass is 197 g/mol. The van der Waals surface area contributed by atoms with Crippen LogP contribution in [-0.4, -0.2) is 16.0 Å². The molecule has 0 spiro atoms. The van der Waals surface area contributed by atoms with Crippen molar-refractivity contribution in [1.29, 1.82) is 0 Å². The Labute approximate surface area is 86.3 Å². The molecule has 2 rings (SSSR count). The molecule has 0 atom stereocenters. The van der Waals surface area contributed by atoms with Gasteiger partial charge in [0.15, 0.2) is 0 Å². The Hall–Kier alpha value is -2.32. The Morgan fingerprint density at radius 2 is 2.13 bits per heavy atom. The van der Waals surface area contributed by atoms with Gasteiger partial charge >= 0.3 is 0 Å². The van der Waals surface area contributed by atoms with Crippen molar-refractivity contribution in [3.8, 4) is 11.3 Å². The van der Waals surface area contributed by atoms with Crippen LogP contribution in [0.5, 0.6) is 0 Å². The van der Waals surface area contributed by atoms with E-state index < -0.39 is 0 Å². The molecule has 0 N–H and O–H groups in total. The molecule has 0 aliphatic rings. The maximum atomic E-state index is 10.2. The van der Waals surface area contributed by atoms with Crippen LogP contribution in [0.1, 0.15) is 0 Å². The summed E-state index contributed by atoms with van der Waals surface area (Å²) in [6.45, 7) is 0. The minimum Gasteiger partial charge on any atom is -0.262 e. The first kappa shape index (κ1) is 9.24. The molecular formula is C11H7N3O. The summed E-state index contributed by atoms with van der Waals surface area (Å²) in [6.07, 6.45) is 6.33. The van der Waals surface area contributed by atoms with Gasteiger partial charge in [0.1, 0.15) is 5.69 Å². The van der Waals surface area contributed by atoms with Gasteiger partial charge < -0.3 is 0 Å². The van der Waals surface area contributed by atoms with Crippen LogP contribution in [0.25, 0.3) is 11.3 Å². The topological polar surface area (TPSA) is 55.2 Å². The summed E-state index contributed by atoms with van der Waals surface area (Å²) in [6, 6.07) is 7.31. The molecular weight excluding hydrogens is 190 g/mol. The summed E-state index contributed by atoms with van der Waals surface area (Å²) in [5.74, 6) is 0. The van der Waals surface area contributed by atoms with Gasteiger partial charge in [-0.25, -0.2) is 4.79 Å². The fourth-order valence-corrected chi connectivity index (χ4v) is 1.26. The van der Waals surface area contributed by atoms with E-state index in [1.54, 1.807) is 18.5 Å². The van der Waals surface area contributed by atoms with Gasteiger partial charge in [0.2, 0.25) is 6.08 Å². The predicted molar refractivity (Wildman–Crippen MR) is 55.2 cm³/mol. The van der Waals surface area contributed by atoms with Crippen molar-refractivity contribution in [2.24, 2.45) is 4.99 Å². The first-order valence-electron chi connectivity index (χ1n) is 4.35. The van der Waals surface area contributed by atoms with E-state index >= 15 is 0 Å². The number of hydrogen-bond acceptors (Lipinski definition) is 4. The zero-order chi connectivity index (χ0) is 10.5. The molecule has 72 valence electrons. The van der Waals surface area contributed by atoms with E-state index in [1.807, 2.05) is 18.2 Å². The third-order valence-corrected chi connectivity index (χ3v) is 1.91. The number of nitrogens with zero attached hydrogens (tertiary/aromatic N) is 3. The molecule has 0 aromatic carbocycles. The predicted octanol–water partition coefficient (Wildman–Crippen LogP) is 2.11. The number of pyridine rings is 2. The lowest BCUT2D eigenvalue weighted by molar-refractivity contribution is 0.565. The Morgan fingerprint density at radius 3 is 2.87 bits per heavy atom. The van der Waals surface area contributed by atoms with Crippen LogP contribution in [0, 0.1) is 0 Å². The van der Waals surface area contributed by atoms with E-state index in [4.69, 9.17) is 0 Å². The first-order valence-corrected chi connectivity index (χ1v) is 4.35. The van der Waals surface area contributed by atoms with Crippen molar-refractivity contribution in [1.82, 2.24) is 9.97 Å². The number of rotatable bonds is 2. The lowest BCUT2D eigenvalue weighted by atomic mass is 10.1. The Morgan fingerprint density at radius 1 is 1.20 bits per heavy atom. The van der Waals surface area contributed by atoms with E-state index in [9.17, 15) is 4.79 Å². The van der Waals surface area contributed by atoms with Crippen LogP contribution in [0.4, 0.5) is 5.69 Å². The largest absolute Gasteiger partial charge is 0.262 e. The molecule has 0 amide bonds. The number of aliphatic imine (C=N–C) groups is 1. The summed E-state index contributed by atoms with van der Waals surface area (Å²) in [7, 11) is 0. The molecule has 2 aromatic rings. The molecule has 0 fully saturated rings. The summed E-state index contributed by atoms with van der Waals surface area (Å²) < 4.78 is 0. The fourth-order valence-electron chi connectivity index (χ4n) is 1.26. The molecule has 0 saturated heterocycles. The number of isocyanates is 1. The highest BCUT2D eigenvalue weighted by atomic mass is 16.1. The molecule has 15 heavy (non-hydrogen) atoms. The van der Waals surface area contributed by atoms with Crippen LogP contribution < -0.4 is 0 Å². The highest BCUT2D eigenvalue weighted by Gasteiger charge is 2.04.